The highest BCUT2D eigenvalue weighted by Gasteiger charge is 2.15. The monoisotopic (exact) mass is 236 g/mol. The van der Waals surface area contributed by atoms with Crippen molar-refractivity contribution in [3.63, 3.8) is 0 Å². The fourth-order valence-electron chi connectivity index (χ4n) is 1.82. The summed E-state index contributed by atoms with van der Waals surface area (Å²) in [6.45, 7) is 9.48. The van der Waals surface area contributed by atoms with Crippen molar-refractivity contribution in [2.75, 3.05) is 6.54 Å². The summed E-state index contributed by atoms with van der Waals surface area (Å²) in [5.74, 6) is 0.415. The highest BCUT2D eigenvalue weighted by atomic mass is 16.1. The smallest absolute Gasteiger partial charge is 0.248 e. The van der Waals surface area contributed by atoms with Gasteiger partial charge in [0, 0.05) is 24.5 Å². The van der Waals surface area contributed by atoms with Gasteiger partial charge in [-0.2, -0.15) is 0 Å². The molecule has 0 aromatic heterocycles. The van der Waals surface area contributed by atoms with Crippen molar-refractivity contribution in [2.24, 2.45) is 16.3 Å². The third kappa shape index (κ3) is 5.66. The molecule has 96 valence electrons. The molecule has 0 fully saturated rings. The van der Waals surface area contributed by atoms with Gasteiger partial charge in [-0.15, -0.1) is 0 Å². The molecule has 1 unspecified atom stereocenters. The molecule has 0 saturated carbocycles. The predicted octanol–water partition coefficient (Wildman–Crippen LogP) is 2.92. The average molecular weight is 236 g/mol. The molecule has 0 aromatic rings. The topological polar surface area (TPSA) is 41.5 Å². The third-order valence-electron chi connectivity index (χ3n) is 2.79. The first-order chi connectivity index (χ1) is 7.88. The number of hydrogen-bond acceptors (Lipinski definition) is 2. The molecule has 0 radical (unpaired) electrons. The van der Waals surface area contributed by atoms with Crippen molar-refractivity contribution in [3.8, 4) is 0 Å². The van der Waals surface area contributed by atoms with Crippen LogP contribution in [0.15, 0.2) is 16.8 Å². The van der Waals surface area contributed by atoms with Gasteiger partial charge in [0.2, 0.25) is 5.91 Å². The zero-order valence-corrected chi connectivity index (χ0v) is 11.4. The Hall–Kier alpha value is -1.12. The van der Waals surface area contributed by atoms with Crippen molar-refractivity contribution >= 4 is 12.1 Å². The Kier molecular flexibility index (Phi) is 4.91. The number of nitrogens with one attached hydrogen (secondary N) is 1. The predicted molar refractivity (Wildman–Crippen MR) is 72.1 cm³/mol. The molecule has 0 spiro atoms. The summed E-state index contributed by atoms with van der Waals surface area (Å²) in [6, 6.07) is 0. The number of amides is 1. The van der Waals surface area contributed by atoms with Gasteiger partial charge in [0.15, 0.2) is 0 Å². The average Bonchev–Trinajstić information content (AvgIpc) is 2.23. The SMILES string of the molecule is CC1C=NC=C(C(=O)NCCCC(C)(C)C)C1. The van der Waals surface area contributed by atoms with Gasteiger partial charge in [-0.3, -0.25) is 9.79 Å². The highest BCUT2D eigenvalue weighted by Crippen LogP contribution is 2.20. The highest BCUT2D eigenvalue weighted by molar-refractivity contribution is 5.94. The summed E-state index contributed by atoms with van der Waals surface area (Å²) in [6.07, 6.45) is 6.52. The minimum atomic E-state index is 0.0441. The lowest BCUT2D eigenvalue weighted by molar-refractivity contribution is -0.117. The maximum Gasteiger partial charge on any atom is 0.248 e. The van der Waals surface area contributed by atoms with E-state index in [-0.39, 0.29) is 5.91 Å². The molecule has 3 nitrogen and oxygen atoms in total. The molecule has 1 N–H and O–H groups in total. The van der Waals surface area contributed by atoms with E-state index >= 15 is 0 Å². The lowest BCUT2D eigenvalue weighted by atomic mass is 9.90. The van der Waals surface area contributed by atoms with Gasteiger partial charge < -0.3 is 5.32 Å². The Balaban J connectivity index is 2.26. The minimum Gasteiger partial charge on any atom is -0.352 e. The normalized spacial score (nSPS) is 20.0. The van der Waals surface area contributed by atoms with Crippen LogP contribution in [0.3, 0.4) is 0 Å². The van der Waals surface area contributed by atoms with E-state index in [1.165, 1.54) is 0 Å². The van der Waals surface area contributed by atoms with Crippen molar-refractivity contribution in [1.29, 1.82) is 0 Å². The molecule has 0 bridgehead atoms. The number of hydrogen-bond donors (Lipinski definition) is 1. The summed E-state index contributed by atoms with van der Waals surface area (Å²) in [7, 11) is 0. The summed E-state index contributed by atoms with van der Waals surface area (Å²) >= 11 is 0. The molecule has 1 amide bonds. The first-order valence-electron chi connectivity index (χ1n) is 6.39. The van der Waals surface area contributed by atoms with Crippen LogP contribution in [0.2, 0.25) is 0 Å². The van der Waals surface area contributed by atoms with E-state index in [2.05, 4.69) is 38.0 Å². The van der Waals surface area contributed by atoms with Gasteiger partial charge >= 0.3 is 0 Å². The number of nitrogens with zero attached hydrogens (tertiary/aromatic N) is 1. The second-order valence-corrected chi connectivity index (χ2v) is 6.05. The molecule has 1 aliphatic rings. The molecule has 0 saturated heterocycles. The fraction of sp³-hybridized carbons (Fsp3) is 0.714. The van der Waals surface area contributed by atoms with Gasteiger partial charge in [-0.05, 0) is 30.6 Å². The molecular formula is C14H24N2O. The zero-order valence-electron chi connectivity index (χ0n) is 11.4. The Labute approximate surface area is 104 Å². The van der Waals surface area contributed by atoms with E-state index < -0.39 is 0 Å². The number of aliphatic imine (C=N–C) groups is 1. The molecule has 0 aliphatic carbocycles. The van der Waals surface area contributed by atoms with Gasteiger partial charge in [-0.1, -0.05) is 27.7 Å². The van der Waals surface area contributed by atoms with Crippen molar-refractivity contribution in [1.82, 2.24) is 5.32 Å². The quantitative estimate of drug-likeness (QED) is 0.749. The van der Waals surface area contributed by atoms with E-state index in [9.17, 15) is 4.79 Å². The van der Waals surface area contributed by atoms with Crippen LogP contribution in [0, 0.1) is 11.3 Å². The van der Waals surface area contributed by atoms with Gasteiger partial charge in [0.1, 0.15) is 0 Å². The van der Waals surface area contributed by atoms with Gasteiger partial charge in [-0.25, -0.2) is 0 Å². The van der Waals surface area contributed by atoms with E-state index in [0.717, 1.165) is 31.4 Å². The third-order valence-corrected chi connectivity index (χ3v) is 2.79. The largest absolute Gasteiger partial charge is 0.352 e. The number of carbonyl (C=O) groups excluding carboxylic acids is 1. The molecule has 17 heavy (non-hydrogen) atoms. The summed E-state index contributed by atoms with van der Waals surface area (Å²) < 4.78 is 0. The Bertz CT molecular complexity index is 324. The van der Waals surface area contributed by atoms with Crippen LogP contribution in [-0.2, 0) is 4.79 Å². The van der Waals surface area contributed by atoms with Crippen LogP contribution in [0.5, 0.6) is 0 Å². The van der Waals surface area contributed by atoms with Crippen LogP contribution in [-0.4, -0.2) is 18.7 Å². The van der Waals surface area contributed by atoms with Crippen LogP contribution in [0.25, 0.3) is 0 Å². The Morgan fingerprint density at radius 2 is 2.24 bits per heavy atom. The van der Waals surface area contributed by atoms with Crippen LogP contribution in [0.1, 0.15) is 47.0 Å². The van der Waals surface area contributed by atoms with Crippen molar-refractivity contribution < 1.29 is 4.79 Å². The van der Waals surface area contributed by atoms with Gasteiger partial charge in [0.05, 0.1) is 0 Å². The lowest BCUT2D eigenvalue weighted by Crippen LogP contribution is -2.28. The maximum atomic E-state index is 11.8. The second-order valence-electron chi connectivity index (χ2n) is 6.05. The van der Waals surface area contributed by atoms with Gasteiger partial charge in [0.25, 0.3) is 0 Å². The first-order valence-corrected chi connectivity index (χ1v) is 6.39. The van der Waals surface area contributed by atoms with Crippen LogP contribution < -0.4 is 5.32 Å². The van der Waals surface area contributed by atoms with Crippen LogP contribution >= 0.6 is 0 Å². The molecule has 1 rings (SSSR count). The minimum absolute atomic E-state index is 0.0441. The Morgan fingerprint density at radius 3 is 2.82 bits per heavy atom. The summed E-state index contributed by atoms with van der Waals surface area (Å²) in [5.41, 5.74) is 1.14. The standard InChI is InChI=1S/C14H24N2O/c1-11-8-12(10-15-9-11)13(17)16-7-5-6-14(2,3)4/h9-11H,5-8H2,1-4H3,(H,16,17). The molecule has 3 heteroatoms. The summed E-state index contributed by atoms with van der Waals surface area (Å²) in [5, 5.41) is 2.96. The number of carbonyl (C=O) groups is 1. The van der Waals surface area contributed by atoms with Crippen molar-refractivity contribution in [3.05, 3.63) is 11.8 Å². The van der Waals surface area contributed by atoms with E-state index in [1.807, 2.05) is 6.21 Å². The first kappa shape index (κ1) is 13.9. The molecular weight excluding hydrogens is 212 g/mol. The number of rotatable bonds is 4. The lowest BCUT2D eigenvalue weighted by Gasteiger charge is -2.18. The van der Waals surface area contributed by atoms with E-state index in [1.54, 1.807) is 6.20 Å². The van der Waals surface area contributed by atoms with E-state index in [0.29, 0.717) is 11.3 Å². The summed E-state index contributed by atoms with van der Waals surface area (Å²) in [4.78, 5) is 15.9. The van der Waals surface area contributed by atoms with Crippen molar-refractivity contribution in [2.45, 2.75) is 47.0 Å². The maximum absolute atomic E-state index is 11.8. The molecule has 1 aliphatic heterocycles. The zero-order chi connectivity index (χ0) is 12.9. The molecule has 0 aromatic carbocycles. The van der Waals surface area contributed by atoms with E-state index in [4.69, 9.17) is 0 Å². The molecule has 1 heterocycles. The van der Waals surface area contributed by atoms with Crippen LogP contribution in [0.4, 0.5) is 0 Å². The Morgan fingerprint density at radius 1 is 1.53 bits per heavy atom. The second kappa shape index (κ2) is 5.99. The molecule has 1 atom stereocenters. The fourth-order valence-corrected chi connectivity index (χ4v) is 1.82.